The van der Waals surface area contributed by atoms with Gasteiger partial charge in [0.1, 0.15) is 12.6 Å². The molecule has 1 aliphatic carbocycles. The highest BCUT2D eigenvalue weighted by atomic mass is 32.2. The monoisotopic (exact) mass is 484 g/mol. The van der Waals surface area contributed by atoms with Crippen LogP contribution in [0, 0.1) is 0 Å². The SMILES string of the molecule is CSCC[C@@H](NC(=O)OCC1c2ccccc2-c2ccccc21)C(=O)NC(C)CCCC(=O)O. The van der Waals surface area contributed by atoms with Gasteiger partial charge in [0.05, 0.1) is 0 Å². The molecule has 34 heavy (non-hydrogen) atoms. The molecule has 0 aliphatic heterocycles. The molecule has 2 atom stereocenters. The Bertz CT molecular complexity index is 967. The fourth-order valence-corrected chi connectivity index (χ4v) is 4.73. The maximum atomic E-state index is 12.8. The molecule has 0 saturated heterocycles. The van der Waals surface area contributed by atoms with E-state index < -0.39 is 18.1 Å². The van der Waals surface area contributed by atoms with E-state index in [-0.39, 0.29) is 30.9 Å². The van der Waals surface area contributed by atoms with E-state index in [1.54, 1.807) is 11.8 Å². The molecule has 1 unspecified atom stereocenters. The van der Waals surface area contributed by atoms with Crippen molar-refractivity contribution >= 4 is 29.7 Å². The quantitative estimate of drug-likeness (QED) is 0.412. The Kier molecular flexibility index (Phi) is 9.39. The molecule has 2 amide bonds. The first-order chi connectivity index (χ1) is 16.4. The second-order valence-electron chi connectivity index (χ2n) is 8.50. The molecule has 182 valence electrons. The normalized spacial score (nSPS) is 13.9. The Morgan fingerprint density at radius 2 is 1.62 bits per heavy atom. The summed E-state index contributed by atoms with van der Waals surface area (Å²) in [6.07, 6.45) is 2.88. The van der Waals surface area contributed by atoms with E-state index >= 15 is 0 Å². The van der Waals surface area contributed by atoms with Crippen LogP contribution in [0.3, 0.4) is 0 Å². The maximum absolute atomic E-state index is 12.8. The Morgan fingerprint density at radius 3 is 2.21 bits per heavy atom. The van der Waals surface area contributed by atoms with Crippen molar-refractivity contribution in [3.63, 3.8) is 0 Å². The minimum absolute atomic E-state index is 0.0501. The first-order valence-corrected chi connectivity index (χ1v) is 12.9. The molecule has 7 nitrogen and oxygen atoms in total. The Balaban J connectivity index is 1.57. The van der Waals surface area contributed by atoms with Gasteiger partial charge in [0.25, 0.3) is 0 Å². The van der Waals surface area contributed by atoms with E-state index in [0.29, 0.717) is 25.0 Å². The third-order valence-electron chi connectivity index (χ3n) is 5.98. The molecule has 2 aromatic carbocycles. The number of carboxylic acid groups (broad SMARTS) is 1. The van der Waals surface area contributed by atoms with E-state index in [2.05, 4.69) is 34.9 Å². The molecule has 0 saturated carbocycles. The van der Waals surface area contributed by atoms with Gasteiger partial charge in [-0.3, -0.25) is 9.59 Å². The molecule has 3 rings (SSSR count). The number of hydrogen-bond acceptors (Lipinski definition) is 5. The number of benzene rings is 2. The topological polar surface area (TPSA) is 105 Å². The largest absolute Gasteiger partial charge is 0.481 e. The van der Waals surface area contributed by atoms with Crippen LogP contribution >= 0.6 is 11.8 Å². The van der Waals surface area contributed by atoms with Crippen molar-refractivity contribution in [1.29, 1.82) is 0 Å². The van der Waals surface area contributed by atoms with Crippen molar-refractivity contribution in [3.8, 4) is 11.1 Å². The summed E-state index contributed by atoms with van der Waals surface area (Å²) < 4.78 is 5.59. The van der Waals surface area contributed by atoms with Crippen LogP contribution in [0.2, 0.25) is 0 Å². The van der Waals surface area contributed by atoms with Gasteiger partial charge in [0.15, 0.2) is 0 Å². The maximum Gasteiger partial charge on any atom is 0.407 e. The summed E-state index contributed by atoms with van der Waals surface area (Å²) in [7, 11) is 0. The molecule has 3 N–H and O–H groups in total. The summed E-state index contributed by atoms with van der Waals surface area (Å²) in [6.45, 7) is 2.01. The number of carboxylic acids is 1. The first-order valence-electron chi connectivity index (χ1n) is 11.5. The van der Waals surface area contributed by atoms with Gasteiger partial charge in [-0.15, -0.1) is 0 Å². The average molecular weight is 485 g/mol. The fraction of sp³-hybridized carbons (Fsp3) is 0.423. The second kappa shape index (κ2) is 12.5. The van der Waals surface area contributed by atoms with Crippen molar-refractivity contribution in [2.75, 3.05) is 18.6 Å². The van der Waals surface area contributed by atoms with Gasteiger partial charge in [-0.1, -0.05) is 48.5 Å². The number of amides is 2. The zero-order valence-corrected chi connectivity index (χ0v) is 20.4. The highest BCUT2D eigenvalue weighted by Crippen LogP contribution is 2.44. The highest BCUT2D eigenvalue weighted by molar-refractivity contribution is 7.98. The van der Waals surface area contributed by atoms with Gasteiger partial charge in [0.2, 0.25) is 5.91 Å². The average Bonchev–Trinajstić information content (AvgIpc) is 3.13. The standard InChI is InChI=1S/C26H32N2O5S/c1-17(8-7-13-24(29)30)27-25(31)23(14-15-34-2)28-26(32)33-16-22-20-11-5-3-9-18(20)19-10-4-6-12-21(19)22/h3-6,9-12,17,22-23H,7-8,13-16H2,1-2H3,(H,27,31)(H,28,32)(H,29,30)/t17?,23-/m1/s1. The van der Waals surface area contributed by atoms with Crippen molar-refractivity contribution in [3.05, 3.63) is 59.7 Å². The van der Waals surface area contributed by atoms with Crippen molar-refractivity contribution < 1.29 is 24.2 Å². The van der Waals surface area contributed by atoms with Crippen LogP contribution in [0.25, 0.3) is 11.1 Å². The lowest BCUT2D eigenvalue weighted by Crippen LogP contribution is -2.49. The Morgan fingerprint density at radius 1 is 1.00 bits per heavy atom. The third kappa shape index (κ3) is 6.76. The van der Waals surface area contributed by atoms with Gasteiger partial charge in [0, 0.05) is 18.4 Å². The molecule has 0 radical (unpaired) electrons. The number of carbonyl (C=O) groups excluding carboxylic acids is 2. The molecule has 2 aromatic rings. The van der Waals surface area contributed by atoms with E-state index in [0.717, 1.165) is 22.3 Å². The van der Waals surface area contributed by atoms with Gasteiger partial charge >= 0.3 is 12.1 Å². The molecule has 0 spiro atoms. The molecular weight excluding hydrogens is 452 g/mol. The van der Waals surface area contributed by atoms with Crippen molar-refractivity contribution in [2.45, 2.75) is 50.6 Å². The number of nitrogens with one attached hydrogen (secondary N) is 2. The van der Waals surface area contributed by atoms with Crippen LogP contribution < -0.4 is 10.6 Å². The molecule has 1 aliphatic rings. The number of thioether (sulfide) groups is 1. The van der Waals surface area contributed by atoms with Crippen LogP contribution in [-0.2, 0) is 14.3 Å². The zero-order valence-electron chi connectivity index (χ0n) is 19.6. The number of hydrogen-bond donors (Lipinski definition) is 3. The lowest BCUT2D eigenvalue weighted by molar-refractivity contribution is -0.137. The van der Waals surface area contributed by atoms with Crippen LogP contribution in [-0.4, -0.2) is 53.8 Å². The third-order valence-corrected chi connectivity index (χ3v) is 6.62. The summed E-state index contributed by atoms with van der Waals surface area (Å²) in [5, 5.41) is 14.4. The van der Waals surface area contributed by atoms with Gasteiger partial charge in [-0.2, -0.15) is 11.8 Å². The van der Waals surface area contributed by atoms with E-state index in [9.17, 15) is 14.4 Å². The summed E-state index contributed by atoms with van der Waals surface area (Å²) >= 11 is 1.59. The number of rotatable bonds is 12. The van der Waals surface area contributed by atoms with Crippen LogP contribution in [0.4, 0.5) is 4.79 Å². The lowest BCUT2D eigenvalue weighted by atomic mass is 9.98. The zero-order chi connectivity index (χ0) is 24.5. The highest BCUT2D eigenvalue weighted by Gasteiger charge is 2.30. The second-order valence-corrected chi connectivity index (χ2v) is 9.49. The summed E-state index contributed by atoms with van der Waals surface area (Å²) in [4.78, 5) is 36.1. The molecule has 8 heteroatoms. The fourth-order valence-electron chi connectivity index (χ4n) is 4.26. The number of aliphatic carboxylic acids is 1. The van der Waals surface area contributed by atoms with Gasteiger partial charge in [-0.25, -0.2) is 4.79 Å². The lowest BCUT2D eigenvalue weighted by Gasteiger charge is -2.22. The van der Waals surface area contributed by atoms with Gasteiger partial charge in [-0.05, 0) is 60.4 Å². The summed E-state index contributed by atoms with van der Waals surface area (Å²) in [5.41, 5.74) is 4.56. The molecular formula is C26H32N2O5S. The molecule has 0 heterocycles. The molecule has 0 aromatic heterocycles. The predicted octanol–water partition coefficient (Wildman–Crippen LogP) is 4.41. The summed E-state index contributed by atoms with van der Waals surface area (Å²) in [6, 6.07) is 15.3. The van der Waals surface area contributed by atoms with E-state index in [1.807, 2.05) is 37.4 Å². The molecule has 0 bridgehead atoms. The van der Waals surface area contributed by atoms with Gasteiger partial charge < -0.3 is 20.5 Å². The number of carbonyl (C=O) groups is 3. The first kappa shape index (κ1) is 25.6. The van der Waals surface area contributed by atoms with Crippen LogP contribution in [0.5, 0.6) is 0 Å². The Labute approximate surface area is 204 Å². The smallest absolute Gasteiger partial charge is 0.407 e. The van der Waals surface area contributed by atoms with E-state index in [1.165, 1.54) is 0 Å². The predicted molar refractivity (Wildman–Crippen MR) is 134 cm³/mol. The summed E-state index contributed by atoms with van der Waals surface area (Å²) in [5.74, 6) is -0.487. The van der Waals surface area contributed by atoms with Crippen LogP contribution in [0.15, 0.2) is 48.5 Å². The van der Waals surface area contributed by atoms with Crippen LogP contribution in [0.1, 0.15) is 49.7 Å². The minimum Gasteiger partial charge on any atom is -0.481 e. The van der Waals surface area contributed by atoms with Crippen molar-refractivity contribution in [1.82, 2.24) is 10.6 Å². The molecule has 0 fully saturated rings. The van der Waals surface area contributed by atoms with Crippen molar-refractivity contribution in [2.24, 2.45) is 0 Å². The van der Waals surface area contributed by atoms with E-state index in [4.69, 9.17) is 9.84 Å². The number of alkyl carbamates (subject to hydrolysis) is 1. The Hall–Kier alpha value is -3.00. The minimum atomic E-state index is -0.853. The number of ether oxygens (including phenoxy) is 1. The number of fused-ring (bicyclic) bond motifs is 3.